The first kappa shape index (κ1) is 17.5. The van der Waals surface area contributed by atoms with Gasteiger partial charge in [0, 0.05) is 37.9 Å². The van der Waals surface area contributed by atoms with Gasteiger partial charge < -0.3 is 9.32 Å². The lowest BCUT2D eigenvalue weighted by molar-refractivity contribution is -0.132. The highest BCUT2D eigenvalue weighted by Crippen LogP contribution is 2.47. The van der Waals surface area contributed by atoms with Crippen LogP contribution in [0.2, 0.25) is 0 Å². The monoisotopic (exact) mass is 354 g/mol. The number of carbonyl (C=O) groups excluding carboxylic acids is 1. The van der Waals surface area contributed by atoms with E-state index in [1.165, 1.54) is 6.42 Å². The number of furan rings is 1. The molecule has 1 aromatic heterocycles. The number of likely N-dealkylation sites (tertiary alicyclic amines) is 1. The van der Waals surface area contributed by atoms with Crippen LogP contribution in [0.15, 0.2) is 16.5 Å². The van der Waals surface area contributed by atoms with E-state index in [0.29, 0.717) is 37.8 Å². The van der Waals surface area contributed by atoms with Crippen LogP contribution < -0.4 is 4.72 Å². The van der Waals surface area contributed by atoms with Gasteiger partial charge in [-0.1, -0.05) is 6.92 Å². The summed E-state index contributed by atoms with van der Waals surface area (Å²) in [5.41, 5.74) is 0. The molecule has 1 saturated heterocycles. The molecule has 134 valence electrons. The van der Waals surface area contributed by atoms with E-state index in [0.717, 1.165) is 30.6 Å². The van der Waals surface area contributed by atoms with E-state index in [4.69, 9.17) is 4.42 Å². The van der Waals surface area contributed by atoms with Crippen molar-refractivity contribution < 1.29 is 17.6 Å². The number of piperidine rings is 1. The van der Waals surface area contributed by atoms with Crippen LogP contribution in [0.5, 0.6) is 0 Å². The zero-order valence-corrected chi connectivity index (χ0v) is 15.1. The molecule has 1 amide bonds. The molecule has 1 aliphatic heterocycles. The molecular weight excluding hydrogens is 328 g/mol. The molecule has 6 nitrogen and oxygen atoms in total. The standard InChI is InChI=1S/C17H26N2O4S/c1-12-10-15(12)16-7-5-14(23-16)6-8-17(20)19-9-3-4-13(11-19)18-24(2,21)22/h5,7,12-13,15,18H,3-4,6,8-11H2,1-2H3/t12-,13-,15-/m1/s1. The molecule has 2 heterocycles. The Morgan fingerprint density at radius 1 is 1.42 bits per heavy atom. The van der Waals surface area contributed by atoms with Crippen molar-refractivity contribution in [1.29, 1.82) is 0 Å². The fraction of sp³-hybridized carbons (Fsp3) is 0.706. The number of nitrogens with zero attached hydrogens (tertiary/aromatic N) is 1. The second-order valence-electron chi connectivity index (χ2n) is 7.19. The first-order valence-electron chi connectivity index (χ1n) is 8.65. The molecule has 0 unspecified atom stereocenters. The minimum atomic E-state index is -3.24. The largest absolute Gasteiger partial charge is 0.466 e. The topological polar surface area (TPSA) is 79.6 Å². The van der Waals surface area contributed by atoms with Crippen LogP contribution in [0, 0.1) is 5.92 Å². The van der Waals surface area contributed by atoms with Crippen molar-refractivity contribution in [2.24, 2.45) is 5.92 Å². The maximum absolute atomic E-state index is 12.4. The van der Waals surface area contributed by atoms with Crippen LogP contribution >= 0.6 is 0 Å². The first-order valence-corrected chi connectivity index (χ1v) is 10.5. The average molecular weight is 354 g/mol. The molecule has 3 rings (SSSR count). The van der Waals surface area contributed by atoms with Gasteiger partial charge in [-0.15, -0.1) is 0 Å². The van der Waals surface area contributed by atoms with Crippen LogP contribution in [0.1, 0.15) is 50.0 Å². The Labute approximate surface area is 143 Å². The second-order valence-corrected chi connectivity index (χ2v) is 8.97. The zero-order chi connectivity index (χ0) is 17.3. The number of amides is 1. The normalized spacial score (nSPS) is 27.2. The summed E-state index contributed by atoms with van der Waals surface area (Å²) >= 11 is 0. The molecule has 1 N–H and O–H groups in total. The molecule has 1 saturated carbocycles. The quantitative estimate of drug-likeness (QED) is 0.846. The molecule has 0 radical (unpaired) electrons. The maximum Gasteiger partial charge on any atom is 0.223 e. The molecule has 7 heteroatoms. The molecular formula is C17H26N2O4S. The SMILES string of the molecule is C[C@@H]1C[C@H]1c1ccc(CCC(=O)N2CCC[C@@H](NS(C)(=O)=O)C2)o1. The molecule has 2 aliphatic rings. The van der Waals surface area contributed by atoms with E-state index in [-0.39, 0.29) is 11.9 Å². The van der Waals surface area contributed by atoms with Gasteiger partial charge in [0.15, 0.2) is 0 Å². The third-order valence-electron chi connectivity index (χ3n) is 4.90. The predicted molar refractivity (Wildman–Crippen MR) is 91.1 cm³/mol. The van der Waals surface area contributed by atoms with Gasteiger partial charge in [-0.3, -0.25) is 4.79 Å². The molecule has 2 fully saturated rings. The van der Waals surface area contributed by atoms with Crippen molar-refractivity contribution >= 4 is 15.9 Å². The summed E-state index contributed by atoms with van der Waals surface area (Å²) in [6, 6.07) is 3.82. The lowest BCUT2D eigenvalue weighted by atomic mass is 10.1. The van der Waals surface area contributed by atoms with Gasteiger partial charge in [-0.2, -0.15) is 0 Å². The highest BCUT2D eigenvalue weighted by atomic mass is 32.2. The van der Waals surface area contributed by atoms with Crippen molar-refractivity contribution in [3.05, 3.63) is 23.7 Å². The summed E-state index contributed by atoms with van der Waals surface area (Å²) in [6.07, 6.45) is 4.94. The van der Waals surface area contributed by atoms with Gasteiger partial charge in [-0.25, -0.2) is 13.1 Å². The van der Waals surface area contributed by atoms with Crippen LogP contribution in [0.3, 0.4) is 0 Å². The Hall–Kier alpha value is -1.34. The molecule has 24 heavy (non-hydrogen) atoms. The zero-order valence-electron chi connectivity index (χ0n) is 14.3. The van der Waals surface area contributed by atoms with E-state index in [9.17, 15) is 13.2 Å². The van der Waals surface area contributed by atoms with E-state index in [2.05, 4.69) is 11.6 Å². The van der Waals surface area contributed by atoms with Crippen molar-refractivity contribution in [1.82, 2.24) is 9.62 Å². The minimum absolute atomic E-state index is 0.0627. The Bertz CT molecular complexity index is 697. The van der Waals surface area contributed by atoms with E-state index in [1.807, 2.05) is 12.1 Å². The van der Waals surface area contributed by atoms with Crippen LogP contribution in [0.4, 0.5) is 0 Å². The van der Waals surface area contributed by atoms with Gasteiger partial charge in [0.2, 0.25) is 15.9 Å². The summed E-state index contributed by atoms with van der Waals surface area (Å²) in [6.45, 7) is 3.37. The van der Waals surface area contributed by atoms with Gasteiger partial charge >= 0.3 is 0 Å². The molecule has 0 spiro atoms. The summed E-state index contributed by atoms with van der Waals surface area (Å²) in [7, 11) is -3.24. The fourth-order valence-electron chi connectivity index (χ4n) is 3.44. The van der Waals surface area contributed by atoms with E-state index >= 15 is 0 Å². The molecule has 0 aromatic carbocycles. The molecule has 1 aliphatic carbocycles. The van der Waals surface area contributed by atoms with Crippen molar-refractivity contribution in [3.63, 3.8) is 0 Å². The molecule has 0 bridgehead atoms. The Morgan fingerprint density at radius 2 is 2.17 bits per heavy atom. The van der Waals surface area contributed by atoms with Crippen molar-refractivity contribution in [3.8, 4) is 0 Å². The number of sulfonamides is 1. The summed E-state index contributed by atoms with van der Waals surface area (Å²) in [4.78, 5) is 14.2. The molecule has 1 aromatic rings. The van der Waals surface area contributed by atoms with Crippen LogP contribution in [-0.2, 0) is 21.2 Å². The van der Waals surface area contributed by atoms with Gasteiger partial charge in [0.25, 0.3) is 0 Å². The summed E-state index contributed by atoms with van der Waals surface area (Å²) in [5.74, 6) is 3.23. The third-order valence-corrected chi connectivity index (χ3v) is 5.66. The van der Waals surface area contributed by atoms with Gasteiger partial charge in [-0.05, 0) is 37.3 Å². The smallest absolute Gasteiger partial charge is 0.223 e. The summed E-state index contributed by atoms with van der Waals surface area (Å²) in [5, 5.41) is 0. The maximum atomic E-state index is 12.4. The highest BCUT2D eigenvalue weighted by Gasteiger charge is 2.36. The van der Waals surface area contributed by atoms with E-state index in [1.54, 1.807) is 4.90 Å². The summed E-state index contributed by atoms with van der Waals surface area (Å²) < 4.78 is 31.1. The Kier molecular flexibility index (Phi) is 5.01. The van der Waals surface area contributed by atoms with E-state index < -0.39 is 10.0 Å². The van der Waals surface area contributed by atoms with Crippen LogP contribution in [-0.4, -0.2) is 44.6 Å². The highest BCUT2D eigenvalue weighted by molar-refractivity contribution is 7.88. The van der Waals surface area contributed by atoms with Gasteiger partial charge in [0.05, 0.1) is 6.26 Å². The third kappa shape index (κ3) is 4.60. The lowest BCUT2D eigenvalue weighted by Gasteiger charge is -2.32. The number of hydrogen-bond acceptors (Lipinski definition) is 4. The first-order chi connectivity index (χ1) is 11.3. The van der Waals surface area contributed by atoms with Crippen molar-refractivity contribution in [2.45, 2.75) is 51.0 Å². The van der Waals surface area contributed by atoms with Crippen LogP contribution in [0.25, 0.3) is 0 Å². The Balaban J connectivity index is 1.48. The lowest BCUT2D eigenvalue weighted by Crippen LogP contribution is -2.49. The second kappa shape index (κ2) is 6.88. The van der Waals surface area contributed by atoms with Crippen molar-refractivity contribution in [2.75, 3.05) is 19.3 Å². The number of nitrogens with one attached hydrogen (secondary N) is 1. The number of aryl methyl sites for hydroxylation is 1. The number of rotatable bonds is 6. The fourth-order valence-corrected chi connectivity index (χ4v) is 4.24. The Morgan fingerprint density at radius 3 is 2.83 bits per heavy atom. The predicted octanol–water partition coefficient (Wildman–Crippen LogP) is 1.88. The minimum Gasteiger partial charge on any atom is -0.466 e. The molecule has 3 atom stereocenters. The number of carbonyl (C=O) groups is 1. The number of hydrogen-bond donors (Lipinski definition) is 1. The average Bonchev–Trinajstić information content (AvgIpc) is 3.05. The van der Waals surface area contributed by atoms with Gasteiger partial charge in [0.1, 0.15) is 11.5 Å².